The second-order valence-corrected chi connectivity index (χ2v) is 7.50. The van der Waals surface area contributed by atoms with Crippen molar-refractivity contribution in [3.63, 3.8) is 0 Å². The molecule has 2 saturated carbocycles. The third kappa shape index (κ3) is 5.54. The van der Waals surface area contributed by atoms with Crippen LogP contribution in [-0.2, 0) is 0 Å². The molecule has 3 rings (SSSR count). The van der Waals surface area contributed by atoms with E-state index in [4.69, 9.17) is 0 Å². The molecule has 0 atom stereocenters. The summed E-state index contributed by atoms with van der Waals surface area (Å²) in [6, 6.07) is 2.27. The van der Waals surface area contributed by atoms with Gasteiger partial charge >= 0.3 is 0 Å². The first-order valence-electron chi connectivity index (χ1n) is 9.11. The highest BCUT2D eigenvalue weighted by atomic mass is 19.2. The SMILES string of the molecule is CC1CCC(C)CC1.Fc1cc(C2CCCCC2)cc(F)c1F. The maximum atomic E-state index is 13.0. The fraction of sp³-hybridized carbons (Fsp3) is 0.700. The lowest BCUT2D eigenvalue weighted by molar-refractivity contribution is 0.308. The van der Waals surface area contributed by atoms with Crippen LogP contribution in [-0.4, -0.2) is 0 Å². The van der Waals surface area contributed by atoms with Crippen molar-refractivity contribution >= 4 is 0 Å². The van der Waals surface area contributed by atoms with Crippen LogP contribution < -0.4 is 0 Å². The van der Waals surface area contributed by atoms with Crippen molar-refractivity contribution in [1.82, 2.24) is 0 Å². The van der Waals surface area contributed by atoms with Gasteiger partial charge in [0.05, 0.1) is 0 Å². The summed E-state index contributed by atoms with van der Waals surface area (Å²) in [6.07, 6.45) is 11.2. The van der Waals surface area contributed by atoms with E-state index in [-0.39, 0.29) is 5.92 Å². The zero-order valence-corrected chi connectivity index (χ0v) is 14.4. The van der Waals surface area contributed by atoms with Crippen LogP contribution in [0.2, 0.25) is 0 Å². The summed E-state index contributed by atoms with van der Waals surface area (Å²) < 4.78 is 38.7. The fourth-order valence-electron chi connectivity index (χ4n) is 3.67. The molecule has 3 heteroatoms. The highest BCUT2D eigenvalue weighted by molar-refractivity contribution is 5.23. The van der Waals surface area contributed by atoms with Crippen LogP contribution in [0, 0.1) is 29.3 Å². The quantitative estimate of drug-likeness (QED) is 0.488. The average molecular weight is 326 g/mol. The molecule has 0 radical (unpaired) electrons. The van der Waals surface area contributed by atoms with Crippen molar-refractivity contribution in [3.05, 3.63) is 35.1 Å². The van der Waals surface area contributed by atoms with Crippen molar-refractivity contribution in [2.24, 2.45) is 11.8 Å². The molecular formula is C20H29F3. The number of benzene rings is 1. The number of halogens is 3. The lowest BCUT2D eigenvalue weighted by Crippen LogP contribution is -2.08. The monoisotopic (exact) mass is 326 g/mol. The summed E-state index contributed by atoms with van der Waals surface area (Å²) in [5.41, 5.74) is 0.603. The van der Waals surface area contributed by atoms with Crippen molar-refractivity contribution in [2.75, 3.05) is 0 Å². The summed E-state index contributed by atoms with van der Waals surface area (Å²) in [6.45, 7) is 4.73. The van der Waals surface area contributed by atoms with E-state index in [9.17, 15) is 13.2 Å². The highest BCUT2D eigenvalue weighted by Crippen LogP contribution is 2.33. The van der Waals surface area contributed by atoms with Gasteiger partial charge in [0.1, 0.15) is 0 Å². The Kier molecular flexibility index (Phi) is 6.98. The Morgan fingerprint density at radius 2 is 1.13 bits per heavy atom. The first kappa shape index (κ1) is 18.4. The average Bonchev–Trinajstić information content (AvgIpc) is 2.56. The van der Waals surface area contributed by atoms with Gasteiger partial charge in [-0.3, -0.25) is 0 Å². The largest absolute Gasteiger partial charge is 0.204 e. The number of rotatable bonds is 1. The van der Waals surface area contributed by atoms with Crippen molar-refractivity contribution in [3.8, 4) is 0 Å². The Balaban J connectivity index is 0.000000203. The summed E-state index contributed by atoms with van der Waals surface area (Å²) in [7, 11) is 0. The van der Waals surface area contributed by atoms with E-state index >= 15 is 0 Å². The van der Waals surface area contributed by atoms with E-state index < -0.39 is 17.5 Å². The van der Waals surface area contributed by atoms with Gasteiger partial charge < -0.3 is 0 Å². The molecule has 23 heavy (non-hydrogen) atoms. The molecule has 0 aliphatic heterocycles. The standard InChI is InChI=1S/C12H13F3.C8H16/c13-10-6-9(7-11(14)12(10)15)8-4-2-1-3-5-8;1-7-3-5-8(2)6-4-7/h6-8H,1-5H2;7-8H,3-6H2,1-2H3. The third-order valence-electron chi connectivity index (χ3n) is 5.39. The Bertz CT molecular complexity index is 451. The third-order valence-corrected chi connectivity index (χ3v) is 5.39. The molecule has 0 spiro atoms. The van der Waals surface area contributed by atoms with E-state index in [2.05, 4.69) is 13.8 Å². The molecule has 0 saturated heterocycles. The van der Waals surface area contributed by atoms with Gasteiger partial charge in [-0.2, -0.15) is 0 Å². The molecule has 0 bridgehead atoms. The molecule has 130 valence electrons. The van der Waals surface area contributed by atoms with Crippen molar-refractivity contribution in [1.29, 1.82) is 0 Å². The van der Waals surface area contributed by atoms with E-state index in [1.165, 1.54) is 32.1 Å². The minimum Gasteiger partial charge on any atom is -0.204 e. The first-order valence-corrected chi connectivity index (χ1v) is 9.11. The van der Waals surface area contributed by atoms with Gasteiger partial charge in [0.25, 0.3) is 0 Å². The molecule has 1 aromatic carbocycles. The zero-order chi connectivity index (χ0) is 16.8. The summed E-state index contributed by atoms with van der Waals surface area (Å²) in [5, 5.41) is 0. The van der Waals surface area contributed by atoms with E-state index in [1.807, 2.05) is 0 Å². The molecule has 0 unspecified atom stereocenters. The van der Waals surface area contributed by atoms with Gasteiger partial charge in [0, 0.05) is 0 Å². The molecule has 2 aliphatic rings. The summed E-state index contributed by atoms with van der Waals surface area (Å²) >= 11 is 0. The lowest BCUT2D eigenvalue weighted by atomic mass is 9.84. The van der Waals surface area contributed by atoms with Gasteiger partial charge in [-0.05, 0) is 48.3 Å². The van der Waals surface area contributed by atoms with Crippen LogP contribution in [0.3, 0.4) is 0 Å². The number of hydrogen-bond acceptors (Lipinski definition) is 0. The molecule has 0 amide bonds. The second kappa shape index (κ2) is 8.75. The minimum absolute atomic E-state index is 0.198. The Labute approximate surface area is 138 Å². The van der Waals surface area contributed by atoms with Crippen LogP contribution in [0.15, 0.2) is 12.1 Å². The fourth-order valence-corrected chi connectivity index (χ4v) is 3.67. The predicted octanol–water partition coefficient (Wildman–Crippen LogP) is 6.98. The smallest absolute Gasteiger partial charge is 0.194 e. The molecule has 0 nitrogen and oxygen atoms in total. The molecular weight excluding hydrogens is 297 g/mol. The Hall–Kier alpha value is -0.990. The van der Waals surface area contributed by atoms with Gasteiger partial charge in [-0.1, -0.05) is 58.8 Å². The molecule has 0 aromatic heterocycles. The molecule has 2 aliphatic carbocycles. The molecule has 0 N–H and O–H groups in total. The van der Waals surface area contributed by atoms with Crippen LogP contribution in [0.4, 0.5) is 13.2 Å². The maximum absolute atomic E-state index is 13.0. The van der Waals surface area contributed by atoms with Crippen molar-refractivity contribution in [2.45, 2.75) is 77.6 Å². The van der Waals surface area contributed by atoms with Gasteiger partial charge in [-0.25, -0.2) is 13.2 Å². The van der Waals surface area contributed by atoms with E-state index in [0.29, 0.717) is 5.56 Å². The lowest BCUT2D eigenvalue weighted by Gasteiger charge is -2.22. The topological polar surface area (TPSA) is 0 Å². The van der Waals surface area contributed by atoms with Crippen LogP contribution in [0.5, 0.6) is 0 Å². The summed E-state index contributed by atoms with van der Waals surface area (Å²) in [4.78, 5) is 0. The Morgan fingerprint density at radius 1 is 0.696 bits per heavy atom. The highest BCUT2D eigenvalue weighted by Gasteiger charge is 2.19. The summed E-state index contributed by atoms with van der Waals surface area (Å²) in [5.74, 6) is -1.28. The van der Waals surface area contributed by atoms with Gasteiger partial charge in [0.2, 0.25) is 0 Å². The first-order chi connectivity index (χ1) is 11.0. The predicted molar refractivity (Wildman–Crippen MR) is 88.9 cm³/mol. The Morgan fingerprint density at radius 3 is 1.57 bits per heavy atom. The minimum atomic E-state index is -1.37. The van der Waals surface area contributed by atoms with Crippen LogP contribution >= 0.6 is 0 Å². The zero-order valence-electron chi connectivity index (χ0n) is 14.4. The van der Waals surface area contributed by atoms with Crippen LogP contribution in [0.1, 0.15) is 83.1 Å². The molecule has 2 fully saturated rings. The van der Waals surface area contributed by atoms with Gasteiger partial charge in [-0.15, -0.1) is 0 Å². The number of hydrogen-bond donors (Lipinski definition) is 0. The van der Waals surface area contributed by atoms with Crippen molar-refractivity contribution < 1.29 is 13.2 Å². The van der Waals surface area contributed by atoms with Crippen LogP contribution in [0.25, 0.3) is 0 Å². The van der Waals surface area contributed by atoms with E-state index in [0.717, 1.165) is 49.7 Å². The molecule has 0 heterocycles. The molecule has 1 aromatic rings. The maximum Gasteiger partial charge on any atom is 0.194 e. The van der Waals surface area contributed by atoms with Gasteiger partial charge in [0.15, 0.2) is 17.5 Å². The normalized spacial score (nSPS) is 25.6. The second-order valence-electron chi connectivity index (χ2n) is 7.50. The van der Waals surface area contributed by atoms with E-state index in [1.54, 1.807) is 0 Å².